The fourth-order valence-electron chi connectivity index (χ4n) is 4.27. The summed E-state index contributed by atoms with van der Waals surface area (Å²) in [6.45, 7) is 8.24. The highest BCUT2D eigenvalue weighted by Crippen LogP contribution is 2.35. The molecule has 1 aliphatic rings. The molecular formula is C32H34N2O6S. The van der Waals surface area contributed by atoms with Crippen LogP contribution >= 0.6 is 11.8 Å². The summed E-state index contributed by atoms with van der Waals surface area (Å²) in [5.74, 6) is 1.16. The molecule has 8 nitrogen and oxygen atoms in total. The lowest BCUT2D eigenvalue weighted by Gasteiger charge is -2.17. The van der Waals surface area contributed by atoms with Gasteiger partial charge in [-0.1, -0.05) is 50.2 Å². The lowest BCUT2D eigenvalue weighted by molar-refractivity contribution is -0.123. The summed E-state index contributed by atoms with van der Waals surface area (Å²) in [4.78, 5) is 39.5. The molecular weight excluding hydrogens is 540 g/mol. The number of methoxy groups -OCH3 is 1. The Kier molecular flexibility index (Phi) is 9.73. The number of benzene rings is 3. The summed E-state index contributed by atoms with van der Waals surface area (Å²) in [7, 11) is 1.49. The number of imide groups is 1. The molecule has 3 aromatic rings. The monoisotopic (exact) mass is 574 g/mol. The number of hydrogen-bond donors (Lipinski definition) is 1. The molecule has 0 spiro atoms. The second kappa shape index (κ2) is 13.4. The van der Waals surface area contributed by atoms with Crippen molar-refractivity contribution in [1.82, 2.24) is 4.90 Å². The Morgan fingerprint density at radius 2 is 1.76 bits per heavy atom. The number of nitrogens with zero attached hydrogens (tertiary/aromatic N) is 1. The third kappa shape index (κ3) is 7.49. The molecule has 0 atom stereocenters. The van der Waals surface area contributed by atoms with Crippen LogP contribution in [0.3, 0.4) is 0 Å². The molecule has 0 radical (unpaired) electrons. The Labute approximate surface area is 244 Å². The van der Waals surface area contributed by atoms with Crippen molar-refractivity contribution in [3.05, 3.63) is 87.8 Å². The summed E-state index contributed by atoms with van der Waals surface area (Å²) < 4.78 is 17.1. The van der Waals surface area contributed by atoms with Crippen LogP contribution in [0.15, 0.2) is 65.6 Å². The maximum Gasteiger partial charge on any atom is 0.293 e. The van der Waals surface area contributed by atoms with Crippen molar-refractivity contribution in [3.8, 4) is 17.2 Å². The van der Waals surface area contributed by atoms with Crippen LogP contribution in [-0.2, 0) is 9.59 Å². The third-order valence-electron chi connectivity index (χ3n) is 6.50. The topological polar surface area (TPSA) is 94.2 Å². The largest absolute Gasteiger partial charge is 0.493 e. The van der Waals surface area contributed by atoms with Gasteiger partial charge in [-0.05, 0) is 84.1 Å². The number of carbonyl (C=O) groups is 3. The van der Waals surface area contributed by atoms with Crippen LogP contribution in [0.2, 0.25) is 0 Å². The minimum Gasteiger partial charge on any atom is -0.493 e. The van der Waals surface area contributed by atoms with Crippen molar-refractivity contribution >= 4 is 40.6 Å². The molecule has 1 saturated heterocycles. The second-order valence-electron chi connectivity index (χ2n) is 9.94. The van der Waals surface area contributed by atoms with E-state index in [4.69, 9.17) is 14.2 Å². The first-order chi connectivity index (χ1) is 19.7. The van der Waals surface area contributed by atoms with E-state index < -0.39 is 0 Å². The maximum atomic E-state index is 13.0. The molecule has 4 rings (SSSR count). The van der Waals surface area contributed by atoms with Gasteiger partial charge in [0.2, 0.25) is 0 Å². The van der Waals surface area contributed by atoms with Gasteiger partial charge in [0.25, 0.3) is 17.1 Å². The van der Waals surface area contributed by atoms with Crippen LogP contribution in [0, 0.1) is 13.8 Å². The van der Waals surface area contributed by atoms with E-state index in [0.717, 1.165) is 39.9 Å². The number of amides is 3. The summed E-state index contributed by atoms with van der Waals surface area (Å²) in [6, 6.07) is 18.6. The second-order valence-corrected chi connectivity index (χ2v) is 10.9. The van der Waals surface area contributed by atoms with Gasteiger partial charge in [0, 0.05) is 5.69 Å². The summed E-state index contributed by atoms with van der Waals surface area (Å²) in [5.41, 5.74) is 4.49. The van der Waals surface area contributed by atoms with E-state index in [0.29, 0.717) is 22.0 Å². The molecule has 0 saturated carbocycles. The van der Waals surface area contributed by atoms with E-state index in [1.807, 2.05) is 56.3 Å². The number of hydrogen-bond acceptors (Lipinski definition) is 7. The van der Waals surface area contributed by atoms with Gasteiger partial charge in [-0.2, -0.15) is 0 Å². The molecule has 1 N–H and O–H groups in total. The molecule has 214 valence electrons. The van der Waals surface area contributed by atoms with E-state index in [2.05, 4.69) is 19.2 Å². The predicted molar refractivity (Wildman–Crippen MR) is 162 cm³/mol. The molecule has 1 aliphatic heterocycles. The number of anilines is 1. The van der Waals surface area contributed by atoms with Crippen molar-refractivity contribution in [2.24, 2.45) is 0 Å². The smallest absolute Gasteiger partial charge is 0.293 e. The van der Waals surface area contributed by atoms with E-state index >= 15 is 0 Å². The van der Waals surface area contributed by atoms with Gasteiger partial charge in [-0.3, -0.25) is 19.3 Å². The molecule has 41 heavy (non-hydrogen) atoms. The van der Waals surface area contributed by atoms with Gasteiger partial charge >= 0.3 is 0 Å². The number of nitrogens with one attached hydrogen (secondary N) is 1. The number of thioether (sulfide) groups is 1. The molecule has 0 bridgehead atoms. The summed E-state index contributed by atoms with van der Waals surface area (Å²) >= 11 is 0.885. The first-order valence-electron chi connectivity index (χ1n) is 13.3. The molecule has 9 heteroatoms. The molecule has 1 heterocycles. The zero-order chi connectivity index (χ0) is 29.5. The molecule has 0 aromatic heterocycles. The minimum atomic E-state index is -0.371. The predicted octanol–water partition coefficient (Wildman–Crippen LogP) is 6.57. The van der Waals surface area contributed by atoms with Crippen LogP contribution in [-0.4, -0.2) is 48.8 Å². The van der Waals surface area contributed by atoms with Crippen molar-refractivity contribution < 1.29 is 28.6 Å². The third-order valence-corrected chi connectivity index (χ3v) is 7.41. The van der Waals surface area contributed by atoms with Gasteiger partial charge in [0.05, 0.1) is 18.6 Å². The number of carbonyl (C=O) groups excluding carboxylic acids is 3. The van der Waals surface area contributed by atoms with Crippen LogP contribution in [0.5, 0.6) is 17.2 Å². The lowest BCUT2D eigenvalue weighted by atomic mass is 10.0. The molecule has 1 fully saturated rings. The van der Waals surface area contributed by atoms with Gasteiger partial charge in [-0.15, -0.1) is 0 Å². The van der Waals surface area contributed by atoms with Crippen LogP contribution in [0.4, 0.5) is 10.5 Å². The SMILES string of the molecule is COc1cc(/C=C2\SC(=O)N(CCOc3cc(C)ccc3C(C)C)C2=O)ccc1OCC(=O)Nc1ccccc1C. The molecule has 3 amide bonds. The van der Waals surface area contributed by atoms with E-state index in [1.54, 1.807) is 24.3 Å². The fourth-order valence-corrected chi connectivity index (χ4v) is 5.14. The average molecular weight is 575 g/mol. The number of aryl methyl sites for hydroxylation is 2. The number of para-hydroxylation sites is 1. The minimum absolute atomic E-state index is 0.147. The van der Waals surface area contributed by atoms with E-state index in [-0.39, 0.29) is 42.7 Å². The van der Waals surface area contributed by atoms with Gasteiger partial charge < -0.3 is 19.5 Å². The van der Waals surface area contributed by atoms with Crippen molar-refractivity contribution in [1.29, 1.82) is 0 Å². The average Bonchev–Trinajstić information content (AvgIpc) is 3.20. The molecule has 0 aliphatic carbocycles. The number of ether oxygens (including phenoxy) is 3. The van der Waals surface area contributed by atoms with Crippen molar-refractivity contribution in [2.45, 2.75) is 33.6 Å². The van der Waals surface area contributed by atoms with Gasteiger partial charge in [0.1, 0.15) is 12.4 Å². The van der Waals surface area contributed by atoms with Gasteiger partial charge in [-0.25, -0.2) is 0 Å². The maximum absolute atomic E-state index is 13.0. The number of rotatable bonds is 11. The Morgan fingerprint density at radius 3 is 2.49 bits per heavy atom. The van der Waals surface area contributed by atoms with Crippen molar-refractivity contribution in [2.75, 3.05) is 32.2 Å². The zero-order valence-corrected chi connectivity index (χ0v) is 24.7. The standard InChI is InChI=1S/C32H34N2O6S/c1-20(2)24-12-10-21(3)16-27(24)39-15-14-34-31(36)29(41-32(34)37)18-23-11-13-26(28(17-23)38-5)40-19-30(35)33-25-9-7-6-8-22(25)4/h6-13,16-18,20H,14-15,19H2,1-5H3,(H,33,35)/b29-18-. The van der Waals surface area contributed by atoms with Crippen LogP contribution < -0.4 is 19.5 Å². The van der Waals surface area contributed by atoms with E-state index in [9.17, 15) is 14.4 Å². The Morgan fingerprint density at radius 1 is 0.976 bits per heavy atom. The highest BCUT2D eigenvalue weighted by atomic mass is 32.2. The fraction of sp³-hybridized carbons (Fsp3) is 0.281. The first kappa shape index (κ1) is 29.7. The molecule has 3 aromatic carbocycles. The van der Waals surface area contributed by atoms with Gasteiger partial charge in [0.15, 0.2) is 18.1 Å². The van der Waals surface area contributed by atoms with E-state index in [1.165, 1.54) is 12.0 Å². The van der Waals surface area contributed by atoms with Crippen LogP contribution in [0.25, 0.3) is 6.08 Å². The van der Waals surface area contributed by atoms with Crippen LogP contribution in [0.1, 0.15) is 42.0 Å². The summed E-state index contributed by atoms with van der Waals surface area (Å²) in [6.07, 6.45) is 1.64. The first-order valence-corrected chi connectivity index (χ1v) is 14.1. The lowest BCUT2D eigenvalue weighted by Crippen LogP contribution is -2.32. The van der Waals surface area contributed by atoms with Crippen molar-refractivity contribution in [3.63, 3.8) is 0 Å². The molecule has 0 unspecified atom stereocenters. The normalized spacial score (nSPS) is 14.1. The highest BCUT2D eigenvalue weighted by Gasteiger charge is 2.35. The Balaban J connectivity index is 1.37. The zero-order valence-electron chi connectivity index (χ0n) is 23.9. The quantitative estimate of drug-likeness (QED) is 0.259. The highest BCUT2D eigenvalue weighted by molar-refractivity contribution is 8.18. The Hall–Kier alpha value is -4.24. The summed E-state index contributed by atoms with van der Waals surface area (Å²) in [5, 5.41) is 2.48. The Bertz CT molecular complexity index is 1480.